The van der Waals surface area contributed by atoms with Crippen molar-refractivity contribution in [3.63, 3.8) is 0 Å². The monoisotopic (exact) mass is 141 g/mol. The zero-order chi connectivity index (χ0) is 7.40. The van der Waals surface area contributed by atoms with Crippen molar-refractivity contribution in [1.82, 2.24) is 0 Å². The van der Waals surface area contributed by atoms with Crippen molar-refractivity contribution in [2.45, 2.75) is 31.8 Å². The first kappa shape index (κ1) is 7.56. The van der Waals surface area contributed by atoms with Crippen LogP contribution in [0.25, 0.3) is 0 Å². The quantitative estimate of drug-likeness (QED) is 0.458. The molecule has 1 aliphatic carbocycles. The van der Waals surface area contributed by atoms with Crippen LogP contribution in [0.2, 0.25) is 0 Å². The van der Waals surface area contributed by atoms with E-state index in [-0.39, 0.29) is 5.92 Å². The van der Waals surface area contributed by atoms with Gasteiger partial charge < -0.3 is 5.11 Å². The minimum atomic E-state index is -0.500. The highest BCUT2D eigenvalue weighted by Gasteiger charge is 2.12. The Balaban J connectivity index is 2.37. The minimum absolute atomic E-state index is 0.0289. The summed E-state index contributed by atoms with van der Waals surface area (Å²) in [7, 11) is 0. The van der Waals surface area contributed by atoms with Gasteiger partial charge in [0.25, 0.3) is 0 Å². The molecule has 2 unspecified atom stereocenters. The molecule has 1 rings (SSSR count). The van der Waals surface area contributed by atoms with Crippen molar-refractivity contribution in [3.05, 3.63) is 0 Å². The van der Waals surface area contributed by atoms with Crippen LogP contribution in [0.1, 0.15) is 25.7 Å². The molecule has 1 nitrogen and oxygen atoms in total. The average Bonchev–Trinajstić information content (AvgIpc) is 1.88. The number of hydrogen-bond donors (Lipinski definition) is 0. The third-order valence-corrected chi connectivity index (χ3v) is 1.88. The van der Waals surface area contributed by atoms with E-state index in [2.05, 4.69) is 5.92 Å². The Morgan fingerprint density at radius 2 is 2.20 bits per heavy atom. The van der Waals surface area contributed by atoms with Crippen LogP contribution in [-0.4, -0.2) is 6.10 Å². The van der Waals surface area contributed by atoms with E-state index < -0.39 is 6.10 Å². The van der Waals surface area contributed by atoms with Gasteiger partial charge in [-0.15, -0.1) is 10.5 Å². The Bertz CT molecular complexity index is 156. The van der Waals surface area contributed by atoms with Crippen LogP contribution in [0.5, 0.6) is 0 Å². The highest BCUT2D eigenvalue weighted by atomic mass is 19.1. The first-order valence-electron chi connectivity index (χ1n) is 3.60. The predicted octanol–water partition coefficient (Wildman–Crippen LogP) is 0.836. The zero-order valence-electron chi connectivity index (χ0n) is 5.77. The zero-order valence-corrected chi connectivity index (χ0v) is 5.77. The van der Waals surface area contributed by atoms with Crippen LogP contribution in [-0.2, 0) is 0 Å². The molecule has 1 saturated carbocycles. The molecule has 10 heavy (non-hydrogen) atoms. The van der Waals surface area contributed by atoms with E-state index >= 15 is 0 Å². The molecule has 0 aromatic heterocycles. The highest BCUT2D eigenvalue weighted by molar-refractivity contribution is 4.99. The first-order valence-corrected chi connectivity index (χ1v) is 3.60. The second-order valence-corrected chi connectivity index (χ2v) is 2.72. The highest BCUT2D eigenvalue weighted by Crippen LogP contribution is 2.21. The molecule has 0 bridgehead atoms. The van der Waals surface area contributed by atoms with Crippen LogP contribution < -0.4 is 5.11 Å². The summed E-state index contributed by atoms with van der Waals surface area (Å²) < 4.78 is 11.4. The van der Waals surface area contributed by atoms with Crippen LogP contribution in [0.4, 0.5) is 4.39 Å². The summed E-state index contributed by atoms with van der Waals surface area (Å²) in [6.45, 7) is 0. The molecule has 1 aliphatic rings. The fourth-order valence-electron chi connectivity index (χ4n) is 1.35. The van der Waals surface area contributed by atoms with Gasteiger partial charge in [0, 0.05) is 5.92 Å². The summed E-state index contributed by atoms with van der Waals surface area (Å²) in [4.78, 5) is 0. The molecule has 0 heterocycles. The molecule has 1 fully saturated rings. The molecule has 0 N–H and O–H groups in total. The van der Waals surface area contributed by atoms with Crippen molar-refractivity contribution in [1.29, 1.82) is 0 Å². The Hall–Kier alpha value is -0.550. The Labute approximate surface area is 60.2 Å². The van der Waals surface area contributed by atoms with Gasteiger partial charge in [-0.1, -0.05) is 25.2 Å². The largest absolute Gasteiger partial charge is 0.852 e. The summed E-state index contributed by atoms with van der Waals surface area (Å²) in [6, 6.07) is 0. The molecule has 2 atom stereocenters. The van der Waals surface area contributed by atoms with Crippen molar-refractivity contribution in [2.24, 2.45) is 5.92 Å². The Morgan fingerprint density at radius 1 is 1.40 bits per heavy atom. The van der Waals surface area contributed by atoms with Crippen molar-refractivity contribution in [2.75, 3.05) is 0 Å². The average molecular weight is 141 g/mol. The minimum Gasteiger partial charge on any atom is -0.852 e. The molecule has 0 aromatic carbocycles. The molecule has 0 aliphatic heterocycles. The standard InChI is InChI=1S/C8H10FO/c9-5-4-7-2-1-3-8(10)6-7/h7-8H,1-3,6H2/q-1. The van der Waals surface area contributed by atoms with E-state index in [1.165, 1.54) is 6.17 Å². The second-order valence-electron chi connectivity index (χ2n) is 2.72. The molecular weight excluding hydrogens is 131 g/mol. The maximum absolute atomic E-state index is 11.4. The molecule has 0 spiro atoms. The third-order valence-electron chi connectivity index (χ3n) is 1.88. The molecular formula is C8H10FO-. The summed E-state index contributed by atoms with van der Waals surface area (Å²) in [6.07, 6.45) is 3.96. The van der Waals surface area contributed by atoms with Gasteiger partial charge in [-0.25, -0.2) is 0 Å². The van der Waals surface area contributed by atoms with Crippen LogP contribution >= 0.6 is 0 Å². The van der Waals surface area contributed by atoms with Crippen LogP contribution in [0.3, 0.4) is 0 Å². The Morgan fingerprint density at radius 3 is 2.80 bits per heavy atom. The number of hydrogen-bond acceptors (Lipinski definition) is 1. The van der Waals surface area contributed by atoms with Gasteiger partial charge in [0.2, 0.25) is 0 Å². The lowest BCUT2D eigenvalue weighted by atomic mass is 9.88. The van der Waals surface area contributed by atoms with Gasteiger partial charge in [0.05, 0.1) is 0 Å². The molecule has 2 heteroatoms. The van der Waals surface area contributed by atoms with E-state index in [1.54, 1.807) is 0 Å². The van der Waals surface area contributed by atoms with E-state index in [1.807, 2.05) is 0 Å². The maximum Gasteiger partial charge on any atom is 0.105 e. The molecule has 56 valence electrons. The van der Waals surface area contributed by atoms with Gasteiger partial charge in [0.15, 0.2) is 0 Å². The van der Waals surface area contributed by atoms with Gasteiger partial charge in [-0.05, 0) is 6.42 Å². The fraction of sp³-hybridized carbons (Fsp3) is 0.750. The molecule has 0 radical (unpaired) electrons. The molecule has 0 aromatic rings. The lowest BCUT2D eigenvalue weighted by Gasteiger charge is -2.30. The second kappa shape index (κ2) is 3.58. The van der Waals surface area contributed by atoms with E-state index in [4.69, 9.17) is 0 Å². The van der Waals surface area contributed by atoms with Crippen molar-refractivity contribution >= 4 is 0 Å². The maximum atomic E-state index is 11.4. The first-order chi connectivity index (χ1) is 4.83. The summed E-state index contributed by atoms with van der Waals surface area (Å²) >= 11 is 0. The third kappa shape index (κ3) is 2.00. The van der Waals surface area contributed by atoms with Crippen molar-refractivity contribution < 1.29 is 9.50 Å². The summed E-state index contributed by atoms with van der Waals surface area (Å²) in [5.41, 5.74) is 0. The van der Waals surface area contributed by atoms with E-state index in [0.29, 0.717) is 6.42 Å². The lowest BCUT2D eigenvalue weighted by molar-refractivity contribution is -0.426. The van der Waals surface area contributed by atoms with Crippen LogP contribution in [0, 0.1) is 18.0 Å². The van der Waals surface area contributed by atoms with Gasteiger partial charge >= 0.3 is 0 Å². The lowest BCUT2D eigenvalue weighted by Crippen LogP contribution is -2.30. The fourth-order valence-corrected chi connectivity index (χ4v) is 1.35. The molecule has 0 saturated heterocycles. The van der Waals surface area contributed by atoms with E-state index in [9.17, 15) is 9.50 Å². The Kier molecular flexibility index (Phi) is 2.70. The number of halogens is 1. The normalized spacial score (nSPS) is 32.6. The molecule has 0 amide bonds. The summed E-state index contributed by atoms with van der Waals surface area (Å²) in [5, 5.41) is 10.8. The van der Waals surface area contributed by atoms with Gasteiger partial charge in [-0.3, -0.25) is 0 Å². The van der Waals surface area contributed by atoms with Gasteiger partial charge in [-0.2, -0.15) is 0 Å². The SMILES string of the molecule is [O-]C1CCCC(C#CF)C1. The summed E-state index contributed by atoms with van der Waals surface area (Å²) in [5.74, 6) is 2.43. The van der Waals surface area contributed by atoms with Gasteiger partial charge in [0.1, 0.15) is 6.17 Å². The van der Waals surface area contributed by atoms with Crippen molar-refractivity contribution in [3.8, 4) is 12.1 Å². The van der Waals surface area contributed by atoms with E-state index in [0.717, 1.165) is 19.3 Å². The topological polar surface area (TPSA) is 23.1 Å². The van der Waals surface area contributed by atoms with Crippen LogP contribution in [0.15, 0.2) is 0 Å². The number of rotatable bonds is 0. The predicted molar refractivity (Wildman–Crippen MR) is 34.6 cm³/mol. The smallest absolute Gasteiger partial charge is 0.105 e.